The van der Waals surface area contributed by atoms with Crippen LogP contribution in [-0.2, 0) is 9.47 Å². The minimum atomic E-state index is -0.599. The van der Waals surface area contributed by atoms with E-state index in [0.29, 0.717) is 45.0 Å². The number of carbonyl (C=O) groups is 1. The number of rotatable bonds is 3. The highest BCUT2D eigenvalue weighted by atomic mass is 19.1. The topological polar surface area (TPSA) is 54.0 Å². The van der Waals surface area contributed by atoms with Crippen LogP contribution in [0, 0.1) is 11.6 Å². The summed E-state index contributed by atoms with van der Waals surface area (Å²) in [5, 5.41) is 3.17. The predicted octanol–water partition coefficient (Wildman–Crippen LogP) is 1.21. The van der Waals surface area contributed by atoms with E-state index in [2.05, 4.69) is 5.32 Å². The van der Waals surface area contributed by atoms with Crippen molar-refractivity contribution in [1.82, 2.24) is 10.2 Å². The lowest BCUT2D eigenvalue weighted by Gasteiger charge is -2.35. The van der Waals surface area contributed by atoms with Gasteiger partial charge in [0.15, 0.2) is 0 Å². The van der Waals surface area contributed by atoms with Crippen LogP contribution in [-0.4, -0.2) is 69.6 Å². The first-order chi connectivity index (χ1) is 11.6. The first-order valence-electron chi connectivity index (χ1n) is 8.07. The number of hydrogen-bond donors (Lipinski definition) is 1. The number of piperazine rings is 1. The van der Waals surface area contributed by atoms with Gasteiger partial charge in [-0.15, -0.1) is 0 Å². The van der Waals surface area contributed by atoms with E-state index in [-0.39, 0.29) is 18.8 Å². The maximum Gasteiger partial charge on any atom is 0.409 e. The fourth-order valence-corrected chi connectivity index (χ4v) is 2.85. The Kier molecular flexibility index (Phi) is 5.47. The monoisotopic (exact) mass is 341 g/mol. The highest BCUT2D eigenvalue weighted by molar-refractivity contribution is 5.68. The van der Waals surface area contributed by atoms with Crippen molar-refractivity contribution in [2.24, 2.45) is 0 Å². The Bertz CT molecular complexity index is 574. The number of ether oxygens (including phenoxy) is 2. The van der Waals surface area contributed by atoms with E-state index in [9.17, 15) is 13.6 Å². The molecule has 1 aromatic carbocycles. The van der Waals surface area contributed by atoms with Gasteiger partial charge in [-0.3, -0.25) is 0 Å². The third-order valence-corrected chi connectivity index (χ3v) is 4.19. The zero-order valence-corrected chi connectivity index (χ0v) is 13.3. The molecule has 0 saturated carbocycles. The molecule has 132 valence electrons. The molecule has 2 fully saturated rings. The van der Waals surface area contributed by atoms with Gasteiger partial charge < -0.3 is 24.6 Å². The molecule has 2 heterocycles. The van der Waals surface area contributed by atoms with Crippen molar-refractivity contribution >= 4 is 11.8 Å². The summed E-state index contributed by atoms with van der Waals surface area (Å²) in [5.74, 6) is -1.19. The van der Waals surface area contributed by atoms with Gasteiger partial charge in [-0.1, -0.05) is 0 Å². The van der Waals surface area contributed by atoms with E-state index in [1.807, 2.05) is 0 Å². The molecule has 2 aliphatic rings. The van der Waals surface area contributed by atoms with E-state index < -0.39 is 11.6 Å². The molecule has 0 aromatic heterocycles. The van der Waals surface area contributed by atoms with Gasteiger partial charge in [-0.25, -0.2) is 13.6 Å². The number of benzene rings is 1. The van der Waals surface area contributed by atoms with Gasteiger partial charge in [-0.2, -0.15) is 0 Å². The van der Waals surface area contributed by atoms with Crippen LogP contribution in [0.2, 0.25) is 0 Å². The second-order valence-corrected chi connectivity index (χ2v) is 5.84. The van der Waals surface area contributed by atoms with Crippen LogP contribution in [0.3, 0.4) is 0 Å². The molecule has 8 heteroatoms. The molecule has 24 heavy (non-hydrogen) atoms. The number of morpholine rings is 1. The summed E-state index contributed by atoms with van der Waals surface area (Å²) >= 11 is 0. The molecule has 1 aromatic rings. The SMILES string of the molecule is O=C(OCC1CNCCO1)N1CCN(c2ccc(F)cc2F)CC1. The van der Waals surface area contributed by atoms with Crippen molar-refractivity contribution in [3.05, 3.63) is 29.8 Å². The molecule has 0 radical (unpaired) electrons. The van der Waals surface area contributed by atoms with Crippen LogP contribution >= 0.6 is 0 Å². The van der Waals surface area contributed by atoms with E-state index in [1.54, 1.807) is 9.80 Å². The average molecular weight is 341 g/mol. The van der Waals surface area contributed by atoms with Crippen molar-refractivity contribution in [2.75, 3.05) is 57.4 Å². The number of nitrogens with zero attached hydrogens (tertiary/aromatic N) is 2. The molecule has 0 aliphatic carbocycles. The lowest BCUT2D eigenvalue weighted by atomic mass is 10.2. The van der Waals surface area contributed by atoms with Crippen LogP contribution in [0.4, 0.5) is 19.3 Å². The molecule has 0 spiro atoms. The molecule has 2 saturated heterocycles. The highest BCUT2D eigenvalue weighted by Gasteiger charge is 2.25. The molecule has 1 atom stereocenters. The number of nitrogens with one attached hydrogen (secondary N) is 1. The van der Waals surface area contributed by atoms with E-state index in [1.165, 1.54) is 12.1 Å². The van der Waals surface area contributed by atoms with Crippen molar-refractivity contribution in [1.29, 1.82) is 0 Å². The Morgan fingerprint density at radius 3 is 2.75 bits per heavy atom. The predicted molar refractivity (Wildman–Crippen MR) is 84.1 cm³/mol. The van der Waals surface area contributed by atoms with Gasteiger partial charge in [0.25, 0.3) is 0 Å². The number of halogens is 2. The molecular weight excluding hydrogens is 320 g/mol. The molecule has 6 nitrogen and oxygen atoms in total. The fourth-order valence-electron chi connectivity index (χ4n) is 2.85. The van der Waals surface area contributed by atoms with Gasteiger partial charge >= 0.3 is 6.09 Å². The summed E-state index contributed by atoms with van der Waals surface area (Å²) in [6.45, 7) is 4.12. The highest BCUT2D eigenvalue weighted by Crippen LogP contribution is 2.21. The normalized spacial score (nSPS) is 21.7. The van der Waals surface area contributed by atoms with Crippen molar-refractivity contribution < 1.29 is 23.0 Å². The maximum absolute atomic E-state index is 13.8. The van der Waals surface area contributed by atoms with Crippen LogP contribution < -0.4 is 10.2 Å². The van der Waals surface area contributed by atoms with Crippen LogP contribution in [0.5, 0.6) is 0 Å². The lowest BCUT2D eigenvalue weighted by Crippen LogP contribution is -2.50. The van der Waals surface area contributed by atoms with Gasteiger partial charge in [0.1, 0.15) is 24.3 Å². The smallest absolute Gasteiger partial charge is 0.409 e. The first kappa shape index (κ1) is 16.9. The molecule has 1 N–H and O–H groups in total. The number of hydrogen-bond acceptors (Lipinski definition) is 5. The third kappa shape index (κ3) is 4.12. The maximum atomic E-state index is 13.8. The van der Waals surface area contributed by atoms with Crippen molar-refractivity contribution in [3.8, 4) is 0 Å². The van der Waals surface area contributed by atoms with Crippen LogP contribution in [0.1, 0.15) is 0 Å². The molecule has 1 amide bonds. The zero-order chi connectivity index (χ0) is 16.9. The minimum Gasteiger partial charge on any atom is -0.447 e. The molecule has 3 rings (SSSR count). The second kappa shape index (κ2) is 7.76. The number of carbonyl (C=O) groups excluding carboxylic acids is 1. The molecule has 2 aliphatic heterocycles. The standard InChI is InChI=1S/C16H21F2N3O3/c17-12-1-2-15(14(18)9-12)20-4-6-21(7-5-20)16(22)24-11-13-10-19-3-8-23-13/h1-2,9,13,19H,3-8,10-11H2. The van der Waals surface area contributed by atoms with Gasteiger partial charge in [0.2, 0.25) is 0 Å². The summed E-state index contributed by atoms with van der Waals surface area (Å²) in [7, 11) is 0. The lowest BCUT2D eigenvalue weighted by molar-refractivity contribution is -0.0187. The summed E-state index contributed by atoms with van der Waals surface area (Å²) < 4.78 is 37.5. The van der Waals surface area contributed by atoms with Gasteiger partial charge in [-0.05, 0) is 12.1 Å². The quantitative estimate of drug-likeness (QED) is 0.896. The summed E-state index contributed by atoms with van der Waals surface area (Å²) in [5.41, 5.74) is 0.353. The Hall–Kier alpha value is -1.93. The first-order valence-corrected chi connectivity index (χ1v) is 8.07. The van der Waals surface area contributed by atoms with E-state index >= 15 is 0 Å². The summed E-state index contributed by atoms with van der Waals surface area (Å²) in [6.07, 6.45) is -0.499. The zero-order valence-electron chi connectivity index (χ0n) is 13.3. The Morgan fingerprint density at radius 2 is 2.08 bits per heavy atom. The van der Waals surface area contributed by atoms with Crippen molar-refractivity contribution in [3.63, 3.8) is 0 Å². The van der Waals surface area contributed by atoms with Gasteiger partial charge in [0, 0.05) is 45.3 Å². The van der Waals surface area contributed by atoms with Crippen LogP contribution in [0.15, 0.2) is 18.2 Å². The Morgan fingerprint density at radius 1 is 1.29 bits per heavy atom. The van der Waals surface area contributed by atoms with Crippen LogP contribution in [0.25, 0.3) is 0 Å². The number of amides is 1. The summed E-state index contributed by atoms with van der Waals surface area (Å²) in [4.78, 5) is 15.5. The van der Waals surface area contributed by atoms with E-state index in [4.69, 9.17) is 9.47 Å². The fraction of sp³-hybridized carbons (Fsp3) is 0.562. The third-order valence-electron chi connectivity index (χ3n) is 4.19. The number of anilines is 1. The Balaban J connectivity index is 1.46. The van der Waals surface area contributed by atoms with Gasteiger partial charge in [0.05, 0.1) is 12.3 Å². The molecular formula is C16H21F2N3O3. The molecule has 1 unspecified atom stereocenters. The summed E-state index contributed by atoms with van der Waals surface area (Å²) in [6, 6.07) is 3.53. The second-order valence-electron chi connectivity index (χ2n) is 5.84. The van der Waals surface area contributed by atoms with E-state index in [0.717, 1.165) is 12.6 Å². The molecule has 0 bridgehead atoms. The average Bonchev–Trinajstić information content (AvgIpc) is 2.61. The largest absolute Gasteiger partial charge is 0.447 e. The minimum absolute atomic E-state index is 0.114. The van der Waals surface area contributed by atoms with Crippen molar-refractivity contribution in [2.45, 2.75) is 6.10 Å². The Labute approximate surface area is 139 Å².